The van der Waals surface area contributed by atoms with E-state index in [1.165, 1.54) is 5.57 Å². The summed E-state index contributed by atoms with van der Waals surface area (Å²) in [6.07, 6.45) is 3.13. The molecule has 0 aromatic heterocycles. The summed E-state index contributed by atoms with van der Waals surface area (Å²) in [5.41, 5.74) is 3.61. The first kappa shape index (κ1) is 11.0. The van der Waals surface area contributed by atoms with Crippen molar-refractivity contribution in [3.8, 4) is 0 Å². The molecular weight excluding hydrogens is 244 g/mol. The second-order valence-electron chi connectivity index (χ2n) is 5.70. The SMILES string of the molecule is C=C1C(=O)OC2C1CC1OC(=O)C1=C1CC=C(C)C12. The van der Waals surface area contributed by atoms with Crippen LogP contribution in [0.4, 0.5) is 0 Å². The van der Waals surface area contributed by atoms with Crippen LogP contribution in [-0.4, -0.2) is 24.1 Å². The van der Waals surface area contributed by atoms with Gasteiger partial charge in [-0.2, -0.15) is 0 Å². The summed E-state index contributed by atoms with van der Waals surface area (Å²) >= 11 is 0. The largest absolute Gasteiger partial charge is 0.457 e. The maximum atomic E-state index is 11.8. The number of fused-ring (bicyclic) bond motifs is 4. The Morgan fingerprint density at radius 2 is 2.05 bits per heavy atom. The van der Waals surface area contributed by atoms with Gasteiger partial charge in [-0.1, -0.05) is 18.2 Å². The monoisotopic (exact) mass is 258 g/mol. The summed E-state index contributed by atoms with van der Waals surface area (Å²) in [6.45, 7) is 5.89. The van der Waals surface area contributed by atoms with Crippen LogP contribution in [0.1, 0.15) is 19.8 Å². The van der Waals surface area contributed by atoms with Crippen molar-refractivity contribution in [3.63, 3.8) is 0 Å². The zero-order valence-electron chi connectivity index (χ0n) is 10.6. The summed E-state index contributed by atoms with van der Waals surface area (Å²) in [6, 6.07) is 0. The number of hydrogen-bond donors (Lipinski definition) is 0. The van der Waals surface area contributed by atoms with Crippen molar-refractivity contribution < 1.29 is 19.1 Å². The predicted molar refractivity (Wildman–Crippen MR) is 65.9 cm³/mol. The van der Waals surface area contributed by atoms with Crippen molar-refractivity contribution in [2.75, 3.05) is 0 Å². The smallest absolute Gasteiger partial charge is 0.338 e. The molecule has 4 nitrogen and oxygen atoms in total. The van der Waals surface area contributed by atoms with Gasteiger partial charge in [0, 0.05) is 17.4 Å². The van der Waals surface area contributed by atoms with E-state index in [0.717, 1.165) is 17.6 Å². The molecule has 0 amide bonds. The highest BCUT2D eigenvalue weighted by Crippen LogP contribution is 2.51. The Morgan fingerprint density at radius 1 is 1.26 bits per heavy atom. The number of allylic oxidation sites excluding steroid dienone is 1. The molecule has 0 radical (unpaired) electrons. The maximum Gasteiger partial charge on any atom is 0.338 e. The zero-order valence-corrected chi connectivity index (χ0v) is 10.6. The fraction of sp³-hybridized carbons (Fsp3) is 0.467. The Morgan fingerprint density at radius 3 is 2.79 bits per heavy atom. The van der Waals surface area contributed by atoms with Crippen molar-refractivity contribution >= 4 is 11.9 Å². The van der Waals surface area contributed by atoms with E-state index in [9.17, 15) is 9.59 Å². The lowest BCUT2D eigenvalue weighted by molar-refractivity contribution is -0.157. The van der Waals surface area contributed by atoms with Gasteiger partial charge in [0.1, 0.15) is 12.2 Å². The molecule has 0 aromatic rings. The minimum Gasteiger partial charge on any atom is -0.457 e. The van der Waals surface area contributed by atoms with Crippen molar-refractivity contribution in [3.05, 3.63) is 34.9 Å². The maximum absolute atomic E-state index is 11.8. The molecule has 0 bridgehead atoms. The molecule has 19 heavy (non-hydrogen) atoms. The first-order valence-corrected chi connectivity index (χ1v) is 6.58. The minimum atomic E-state index is -0.303. The van der Waals surface area contributed by atoms with Crippen molar-refractivity contribution in [2.24, 2.45) is 11.8 Å². The molecule has 4 heteroatoms. The van der Waals surface area contributed by atoms with E-state index >= 15 is 0 Å². The Balaban J connectivity index is 1.85. The van der Waals surface area contributed by atoms with Gasteiger partial charge < -0.3 is 9.47 Å². The van der Waals surface area contributed by atoms with Gasteiger partial charge in [0.2, 0.25) is 0 Å². The van der Waals surface area contributed by atoms with Gasteiger partial charge in [-0.05, 0) is 25.3 Å². The minimum absolute atomic E-state index is 0.0375. The summed E-state index contributed by atoms with van der Waals surface area (Å²) in [5.74, 6) is -0.501. The van der Waals surface area contributed by atoms with E-state index in [0.29, 0.717) is 12.0 Å². The third-order valence-electron chi connectivity index (χ3n) is 4.79. The quantitative estimate of drug-likeness (QED) is 0.377. The van der Waals surface area contributed by atoms with E-state index in [2.05, 4.69) is 12.7 Å². The zero-order chi connectivity index (χ0) is 13.3. The van der Waals surface area contributed by atoms with Gasteiger partial charge in [0.05, 0.1) is 5.57 Å². The number of ether oxygens (including phenoxy) is 2. The van der Waals surface area contributed by atoms with E-state index in [1.54, 1.807) is 0 Å². The molecular formula is C15H14O4. The van der Waals surface area contributed by atoms with E-state index in [1.807, 2.05) is 6.92 Å². The molecule has 2 fully saturated rings. The van der Waals surface area contributed by atoms with Gasteiger partial charge in [-0.15, -0.1) is 0 Å². The molecule has 4 unspecified atom stereocenters. The molecule has 2 heterocycles. The van der Waals surface area contributed by atoms with Crippen LogP contribution in [0.5, 0.6) is 0 Å². The summed E-state index contributed by atoms with van der Waals surface area (Å²) in [7, 11) is 0. The third kappa shape index (κ3) is 1.24. The summed E-state index contributed by atoms with van der Waals surface area (Å²) < 4.78 is 10.8. The van der Waals surface area contributed by atoms with Gasteiger partial charge in [-0.25, -0.2) is 9.59 Å². The normalized spacial score (nSPS) is 39.6. The topological polar surface area (TPSA) is 52.6 Å². The van der Waals surface area contributed by atoms with Crippen LogP contribution >= 0.6 is 0 Å². The van der Waals surface area contributed by atoms with Gasteiger partial charge in [0.15, 0.2) is 0 Å². The molecule has 0 spiro atoms. The fourth-order valence-corrected chi connectivity index (χ4v) is 3.80. The molecule has 2 aliphatic heterocycles. The number of hydrogen-bond acceptors (Lipinski definition) is 4. The lowest BCUT2D eigenvalue weighted by Gasteiger charge is -2.30. The second-order valence-corrected chi connectivity index (χ2v) is 5.70. The molecule has 0 saturated carbocycles. The van der Waals surface area contributed by atoms with Crippen molar-refractivity contribution in [1.82, 2.24) is 0 Å². The molecule has 0 N–H and O–H groups in total. The molecule has 4 rings (SSSR count). The van der Waals surface area contributed by atoms with Crippen LogP contribution in [0.25, 0.3) is 0 Å². The Hall–Kier alpha value is -1.84. The molecule has 4 aliphatic rings. The summed E-state index contributed by atoms with van der Waals surface area (Å²) in [4.78, 5) is 23.5. The Bertz CT molecular complexity index is 595. The van der Waals surface area contributed by atoms with Crippen LogP contribution in [0.15, 0.2) is 34.9 Å². The predicted octanol–water partition coefficient (Wildman–Crippen LogP) is 1.68. The summed E-state index contributed by atoms with van der Waals surface area (Å²) in [5, 5.41) is 0. The number of carbonyl (C=O) groups is 2. The first-order chi connectivity index (χ1) is 9.08. The highest BCUT2D eigenvalue weighted by molar-refractivity contribution is 5.97. The Labute approximate surface area is 110 Å². The molecule has 0 aromatic carbocycles. The van der Waals surface area contributed by atoms with Crippen LogP contribution in [-0.2, 0) is 19.1 Å². The van der Waals surface area contributed by atoms with E-state index in [-0.39, 0.29) is 36.0 Å². The second kappa shape index (κ2) is 3.38. The molecule has 98 valence electrons. The molecule has 4 atom stereocenters. The third-order valence-corrected chi connectivity index (χ3v) is 4.79. The fourth-order valence-electron chi connectivity index (χ4n) is 3.80. The highest BCUT2D eigenvalue weighted by atomic mass is 16.6. The van der Waals surface area contributed by atoms with E-state index < -0.39 is 0 Å². The number of esters is 2. The average Bonchev–Trinajstić information content (AvgIpc) is 2.79. The number of carbonyl (C=O) groups excluding carboxylic acids is 2. The van der Waals surface area contributed by atoms with Gasteiger partial charge >= 0.3 is 11.9 Å². The first-order valence-electron chi connectivity index (χ1n) is 6.58. The van der Waals surface area contributed by atoms with Gasteiger partial charge in [0.25, 0.3) is 0 Å². The average molecular weight is 258 g/mol. The van der Waals surface area contributed by atoms with Gasteiger partial charge in [-0.3, -0.25) is 0 Å². The molecule has 2 aliphatic carbocycles. The van der Waals surface area contributed by atoms with Crippen LogP contribution in [0.2, 0.25) is 0 Å². The molecule has 2 saturated heterocycles. The van der Waals surface area contributed by atoms with Crippen molar-refractivity contribution in [2.45, 2.75) is 32.0 Å². The Kier molecular flexibility index (Phi) is 1.96. The van der Waals surface area contributed by atoms with Crippen LogP contribution in [0, 0.1) is 11.8 Å². The highest BCUT2D eigenvalue weighted by Gasteiger charge is 2.54. The van der Waals surface area contributed by atoms with Crippen LogP contribution < -0.4 is 0 Å². The lowest BCUT2D eigenvalue weighted by Crippen LogP contribution is -2.38. The van der Waals surface area contributed by atoms with Crippen LogP contribution in [0.3, 0.4) is 0 Å². The van der Waals surface area contributed by atoms with E-state index in [4.69, 9.17) is 9.47 Å². The standard InChI is InChI=1S/C15H14O4/c1-6-3-4-8-11(6)13-9(7(2)14(16)19-13)5-10-12(8)15(17)18-10/h3,9-11,13H,2,4-5H2,1H3. The lowest BCUT2D eigenvalue weighted by atomic mass is 9.83. The number of rotatable bonds is 0. The van der Waals surface area contributed by atoms with Crippen molar-refractivity contribution in [1.29, 1.82) is 0 Å².